The number of nitrogens with zero attached hydrogens (tertiary/aromatic N) is 5. The fraction of sp³-hybridized carbons (Fsp3) is 0.222. The van der Waals surface area contributed by atoms with Crippen LogP contribution in [0.15, 0.2) is 12.4 Å². The molecule has 0 aliphatic heterocycles. The van der Waals surface area contributed by atoms with E-state index in [0.717, 1.165) is 0 Å². The zero-order valence-corrected chi connectivity index (χ0v) is 9.92. The van der Waals surface area contributed by atoms with E-state index in [-0.39, 0.29) is 11.6 Å². The Bertz CT molecular complexity index is 681. The van der Waals surface area contributed by atoms with Gasteiger partial charge in [-0.3, -0.25) is 10.1 Å². The molecule has 0 bridgehead atoms. The van der Waals surface area contributed by atoms with Crippen molar-refractivity contribution in [3.05, 3.63) is 33.8 Å². The topological polar surface area (TPSA) is 113 Å². The van der Waals surface area contributed by atoms with Crippen LogP contribution in [0.25, 0.3) is 5.82 Å². The van der Waals surface area contributed by atoms with Crippen molar-refractivity contribution >= 4 is 11.6 Å². The van der Waals surface area contributed by atoms with Crippen molar-refractivity contribution in [1.29, 1.82) is 0 Å². The van der Waals surface area contributed by atoms with Gasteiger partial charge in [-0.1, -0.05) is 0 Å². The highest BCUT2D eigenvalue weighted by molar-refractivity contribution is 5.52. The van der Waals surface area contributed by atoms with Crippen LogP contribution in [0.4, 0.5) is 24.8 Å². The summed E-state index contributed by atoms with van der Waals surface area (Å²) in [5, 5.41) is 14.4. The Labute approximate surface area is 109 Å². The molecule has 0 radical (unpaired) electrons. The SMILES string of the molecule is Cc1nc(N)nc(-n2cc(C(F)(F)F)cn2)c1[N+](=O)[O-]. The number of nitrogens with two attached hydrogens (primary N) is 1. The van der Waals surface area contributed by atoms with E-state index >= 15 is 0 Å². The lowest BCUT2D eigenvalue weighted by atomic mass is 10.3. The van der Waals surface area contributed by atoms with E-state index in [1.807, 2.05) is 0 Å². The first-order valence-corrected chi connectivity index (χ1v) is 5.11. The second-order valence-electron chi connectivity index (χ2n) is 3.77. The minimum absolute atomic E-state index is 0.0680. The molecule has 2 N–H and O–H groups in total. The molecule has 2 aromatic rings. The molecule has 0 saturated heterocycles. The fourth-order valence-corrected chi connectivity index (χ4v) is 1.53. The van der Waals surface area contributed by atoms with Gasteiger partial charge in [-0.25, -0.2) is 9.67 Å². The number of anilines is 1. The number of nitrogen functional groups attached to an aromatic ring is 1. The van der Waals surface area contributed by atoms with Crippen LogP contribution in [0.2, 0.25) is 0 Å². The molecule has 0 amide bonds. The Balaban J connectivity index is 2.63. The van der Waals surface area contributed by atoms with Crippen molar-refractivity contribution in [2.45, 2.75) is 13.1 Å². The predicted octanol–water partition coefficient (Wildman–Crippen LogP) is 1.48. The van der Waals surface area contributed by atoms with Crippen LogP contribution >= 0.6 is 0 Å². The van der Waals surface area contributed by atoms with Gasteiger partial charge in [-0.15, -0.1) is 0 Å². The third-order valence-corrected chi connectivity index (χ3v) is 2.37. The largest absolute Gasteiger partial charge is 0.419 e. The van der Waals surface area contributed by atoms with E-state index in [2.05, 4.69) is 15.1 Å². The normalized spacial score (nSPS) is 11.6. The number of halogens is 3. The minimum Gasteiger partial charge on any atom is -0.368 e. The molecule has 2 rings (SSSR count). The van der Waals surface area contributed by atoms with Crippen LogP contribution in [0.5, 0.6) is 0 Å². The summed E-state index contributed by atoms with van der Waals surface area (Å²) in [4.78, 5) is 17.3. The fourth-order valence-electron chi connectivity index (χ4n) is 1.53. The van der Waals surface area contributed by atoms with Crippen molar-refractivity contribution in [3.8, 4) is 5.82 Å². The Morgan fingerprint density at radius 3 is 2.55 bits per heavy atom. The highest BCUT2D eigenvalue weighted by Gasteiger charge is 2.33. The van der Waals surface area contributed by atoms with Crippen molar-refractivity contribution < 1.29 is 18.1 Å². The third kappa shape index (κ3) is 2.37. The lowest BCUT2D eigenvalue weighted by Crippen LogP contribution is -2.10. The molecule has 11 heteroatoms. The van der Waals surface area contributed by atoms with E-state index in [0.29, 0.717) is 17.1 Å². The Kier molecular flexibility index (Phi) is 3.04. The second kappa shape index (κ2) is 4.43. The van der Waals surface area contributed by atoms with Gasteiger partial charge in [-0.2, -0.15) is 23.3 Å². The van der Waals surface area contributed by atoms with Gasteiger partial charge in [0.25, 0.3) is 0 Å². The summed E-state index contributed by atoms with van der Waals surface area (Å²) >= 11 is 0. The zero-order valence-electron chi connectivity index (χ0n) is 9.92. The molecule has 0 aliphatic carbocycles. The summed E-state index contributed by atoms with van der Waals surface area (Å²) in [6, 6.07) is 0. The first-order valence-electron chi connectivity index (χ1n) is 5.11. The third-order valence-electron chi connectivity index (χ3n) is 2.37. The molecule has 0 unspecified atom stereocenters. The monoisotopic (exact) mass is 288 g/mol. The molecule has 2 aromatic heterocycles. The average Bonchev–Trinajstić information content (AvgIpc) is 2.75. The molecule has 0 fully saturated rings. The van der Waals surface area contributed by atoms with Crippen molar-refractivity contribution in [1.82, 2.24) is 19.7 Å². The summed E-state index contributed by atoms with van der Waals surface area (Å²) in [5.41, 5.74) is 3.67. The van der Waals surface area contributed by atoms with Gasteiger partial charge in [0.05, 0.1) is 16.7 Å². The molecule has 2 heterocycles. The quantitative estimate of drug-likeness (QED) is 0.661. The maximum absolute atomic E-state index is 12.5. The highest BCUT2D eigenvalue weighted by atomic mass is 19.4. The lowest BCUT2D eigenvalue weighted by molar-refractivity contribution is -0.385. The smallest absolute Gasteiger partial charge is 0.368 e. The van der Waals surface area contributed by atoms with Crippen LogP contribution in [-0.2, 0) is 6.18 Å². The van der Waals surface area contributed by atoms with Crippen LogP contribution in [0, 0.1) is 17.0 Å². The summed E-state index contributed by atoms with van der Waals surface area (Å²) < 4.78 is 38.1. The average molecular weight is 288 g/mol. The van der Waals surface area contributed by atoms with Gasteiger partial charge in [0.15, 0.2) is 0 Å². The van der Waals surface area contributed by atoms with E-state index in [4.69, 9.17) is 5.73 Å². The maximum atomic E-state index is 12.5. The van der Waals surface area contributed by atoms with Gasteiger partial charge < -0.3 is 5.73 Å². The number of nitro groups is 1. The zero-order chi connectivity index (χ0) is 15.1. The van der Waals surface area contributed by atoms with Crippen LogP contribution in [-0.4, -0.2) is 24.7 Å². The van der Waals surface area contributed by atoms with Gasteiger partial charge in [0.2, 0.25) is 11.8 Å². The predicted molar refractivity (Wildman–Crippen MR) is 60.0 cm³/mol. The van der Waals surface area contributed by atoms with E-state index in [1.54, 1.807) is 0 Å². The van der Waals surface area contributed by atoms with Gasteiger partial charge in [0, 0.05) is 6.20 Å². The van der Waals surface area contributed by atoms with Crippen LogP contribution in [0.1, 0.15) is 11.3 Å². The van der Waals surface area contributed by atoms with Crippen molar-refractivity contribution in [2.75, 3.05) is 5.73 Å². The summed E-state index contributed by atoms with van der Waals surface area (Å²) in [6.45, 7) is 1.30. The van der Waals surface area contributed by atoms with Gasteiger partial charge in [-0.05, 0) is 6.92 Å². The molecule has 0 aliphatic rings. The number of aromatic nitrogens is 4. The number of hydrogen-bond donors (Lipinski definition) is 1. The Morgan fingerprint density at radius 1 is 1.40 bits per heavy atom. The number of rotatable bonds is 2. The summed E-state index contributed by atoms with van der Waals surface area (Å²) in [7, 11) is 0. The minimum atomic E-state index is -4.61. The molecule has 0 spiro atoms. The van der Waals surface area contributed by atoms with Crippen molar-refractivity contribution in [2.24, 2.45) is 0 Å². The highest BCUT2D eigenvalue weighted by Crippen LogP contribution is 2.30. The van der Waals surface area contributed by atoms with E-state index in [1.165, 1.54) is 6.92 Å². The number of alkyl halides is 3. The first kappa shape index (κ1) is 13.7. The molecule has 106 valence electrons. The lowest BCUT2D eigenvalue weighted by Gasteiger charge is -2.05. The summed E-state index contributed by atoms with van der Waals surface area (Å²) in [5.74, 6) is -0.720. The van der Waals surface area contributed by atoms with E-state index in [9.17, 15) is 23.3 Å². The first-order chi connectivity index (χ1) is 9.20. The standard InChI is InChI=1S/C9H7F3N6O2/c1-4-6(18(19)20)7(16-8(13)15-4)17-3-5(2-14-17)9(10,11)12/h2-3H,1H3,(H2,13,15,16). The molecule has 0 saturated carbocycles. The Morgan fingerprint density at radius 2 is 2.05 bits per heavy atom. The molecule has 0 aromatic carbocycles. The molecule has 20 heavy (non-hydrogen) atoms. The molecule has 8 nitrogen and oxygen atoms in total. The summed E-state index contributed by atoms with van der Waals surface area (Å²) in [6.07, 6.45) is -3.48. The van der Waals surface area contributed by atoms with Crippen LogP contribution in [0.3, 0.4) is 0 Å². The second-order valence-corrected chi connectivity index (χ2v) is 3.77. The number of hydrogen-bond acceptors (Lipinski definition) is 6. The van der Waals surface area contributed by atoms with Crippen LogP contribution < -0.4 is 5.73 Å². The van der Waals surface area contributed by atoms with Gasteiger partial charge in [0.1, 0.15) is 5.69 Å². The molecular weight excluding hydrogens is 281 g/mol. The maximum Gasteiger partial charge on any atom is 0.419 e. The van der Waals surface area contributed by atoms with E-state index < -0.39 is 28.2 Å². The van der Waals surface area contributed by atoms with Crippen molar-refractivity contribution in [3.63, 3.8) is 0 Å². The van der Waals surface area contributed by atoms with Gasteiger partial charge >= 0.3 is 11.9 Å². The molecule has 0 atom stereocenters. The Hall–Kier alpha value is -2.72. The number of aryl methyl sites for hydroxylation is 1. The molecular formula is C9H7F3N6O2.